The van der Waals surface area contributed by atoms with Crippen molar-refractivity contribution in [3.8, 4) is 5.75 Å². The lowest BCUT2D eigenvalue weighted by Crippen LogP contribution is -2.39. The summed E-state index contributed by atoms with van der Waals surface area (Å²) in [4.78, 5) is 20.4. The maximum Gasteiger partial charge on any atom is 0.261 e. The number of methoxy groups -OCH3 is 1. The van der Waals surface area contributed by atoms with Gasteiger partial charge in [0.1, 0.15) is 11.3 Å². The van der Waals surface area contributed by atoms with E-state index >= 15 is 0 Å². The molecule has 2 aliphatic rings. The molecule has 3 heterocycles. The average Bonchev–Trinajstić information content (AvgIpc) is 2.81. The van der Waals surface area contributed by atoms with Crippen molar-refractivity contribution in [3.05, 3.63) is 69.8 Å². The maximum absolute atomic E-state index is 13.6. The van der Waals surface area contributed by atoms with Gasteiger partial charge in [0.2, 0.25) is 0 Å². The van der Waals surface area contributed by atoms with Gasteiger partial charge < -0.3 is 19.5 Å². The summed E-state index contributed by atoms with van der Waals surface area (Å²) in [5, 5.41) is 11.0. The van der Waals surface area contributed by atoms with Crippen molar-refractivity contribution < 1.29 is 14.6 Å². The molecule has 2 atom stereocenters. The Hall–Kier alpha value is -3.16. The van der Waals surface area contributed by atoms with Crippen LogP contribution in [0.2, 0.25) is 0 Å². The smallest absolute Gasteiger partial charge is 0.261 e. The monoisotopic (exact) mass is 433 g/mol. The molecule has 0 aliphatic carbocycles. The van der Waals surface area contributed by atoms with Gasteiger partial charge in [-0.05, 0) is 42.2 Å². The van der Waals surface area contributed by atoms with Gasteiger partial charge in [-0.25, -0.2) is 4.98 Å². The molecule has 0 bridgehead atoms. The molecule has 7 nitrogen and oxygen atoms in total. The Morgan fingerprint density at radius 2 is 2.19 bits per heavy atom. The molecule has 7 heteroatoms. The summed E-state index contributed by atoms with van der Waals surface area (Å²) >= 11 is 0. The minimum Gasteiger partial charge on any atom is -0.497 e. The van der Waals surface area contributed by atoms with Crippen LogP contribution in [0.3, 0.4) is 0 Å². The zero-order valence-electron chi connectivity index (χ0n) is 18.3. The van der Waals surface area contributed by atoms with E-state index in [2.05, 4.69) is 23.1 Å². The minimum absolute atomic E-state index is 0.126. The summed E-state index contributed by atoms with van der Waals surface area (Å²) in [7, 11) is 3.68. The molecule has 32 heavy (non-hydrogen) atoms. The molecule has 2 aromatic carbocycles. The zero-order chi connectivity index (χ0) is 22.2. The SMILES string of the molecule is COc1cccc(Cc2cc3c(=O)n([C@H]4CCOC[C@@H]4O)cnc3c3c2C=CCN3C)c1. The van der Waals surface area contributed by atoms with Crippen molar-refractivity contribution >= 4 is 22.7 Å². The minimum atomic E-state index is -0.722. The topological polar surface area (TPSA) is 76.8 Å². The van der Waals surface area contributed by atoms with Crippen LogP contribution in [0.5, 0.6) is 5.75 Å². The summed E-state index contributed by atoms with van der Waals surface area (Å²) in [5.41, 5.74) is 4.80. The van der Waals surface area contributed by atoms with Crippen molar-refractivity contribution in [2.24, 2.45) is 0 Å². The third-order valence-corrected chi connectivity index (χ3v) is 6.40. The lowest BCUT2D eigenvalue weighted by atomic mass is 9.93. The first-order chi connectivity index (χ1) is 15.6. The summed E-state index contributed by atoms with van der Waals surface area (Å²) in [6.45, 7) is 1.51. The number of rotatable bonds is 4. The predicted molar refractivity (Wildman–Crippen MR) is 125 cm³/mol. The van der Waals surface area contributed by atoms with Gasteiger partial charge in [0, 0.05) is 25.8 Å². The first kappa shape index (κ1) is 20.7. The number of hydrogen-bond donors (Lipinski definition) is 1. The number of fused-ring (bicyclic) bond motifs is 3. The number of hydrogen-bond acceptors (Lipinski definition) is 6. The van der Waals surface area contributed by atoms with E-state index in [4.69, 9.17) is 14.5 Å². The van der Waals surface area contributed by atoms with E-state index in [0.717, 1.165) is 34.7 Å². The van der Waals surface area contributed by atoms with Crippen LogP contribution in [0.25, 0.3) is 17.0 Å². The molecule has 1 saturated heterocycles. The molecule has 0 radical (unpaired) electrons. The number of anilines is 1. The fraction of sp³-hybridized carbons (Fsp3) is 0.360. The van der Waals surface area contributed by atoms with E-state index in [-0.39, 0.29) is 18.2 Å². The Kier molecular flexibility index (Phi) is 5.45. The zero-order valence-corrected chi connectivity index (χ0v) is 18.3. The van der Waals surface area contributed by atoms with Crippen LogP contribution >= 0.6 is 0 Å². The van der Waals surface area contributed by atoms with Crippen LogP contribution < -0.4 is 15.2 Å². The van der Waals surface area contributed by atoms with Crippen LogP contribution in [0.4, 0.5) is 5.69 Å². The lowest BCUT2D eigenvalue weighted by molar-refractivity contribution is -0.0395. The largest absolute Gasteiger partial charge is 0.497 e. The number of nitrogens with zero attached hydrogens (tertiary/aromatic N) is 3. The highest BCUT2D eigenvalue weighted by molar-refractivity contribution is 5.97. The number of likely N-dealkylation sites (N-methyl/N-ethyl adjacent to an activating group) is 1. The van der Waals surface area contributed by atoms with Gasteiger partial charge in [0.15, 0.2) is 0 Å². The Bertz CT molecular complexity index is 1250. The number of aliphatic hydroxyl groups excluding tert-OH is 1. The van der Waals surface area contributed by atoms with Gasteiger partial charge in [-0.15, -0.1) is 0 Å². The summed E-state index contributed by atoms with van der Waals surface area (Å²) in [6, 6.07) is 9.62. The van der Waals surface area contributed by atoms with Gasteiger partial charge in [-0.1, -0.05) is 24.3 Å². The van der Waals surface area contributed by atoms with E-state index in [9.17, 15) is 9.90 Å². The summed E-state index contributed by atoms with van der Waals surface area (Å²) in [6.07, 6.45) is 6.36. The summed E-state index contributed by atoms with van der Waals surface area (Å²) in [5.74, 6) is 0.808. The van der Waals surface area contributed by atoms with E-state index in [1.165, 1.54) is 0 Å². The van der Waals surface area contributed by atoms with Gasteiger partial charge in [0.25, 0.3) is 5.56 Å². The molecule has 1 N–H and O–H groups in total. The number of aromatic nitrogens is 2. The first-order valence-electron chi connectivity index (χ1n) is 10.9. The third-order valence-electron chi connectivity index (χ3n) is 6.40. The molecule has 1 aromatic heterocycles. The Morgan fingerprint density at radius 1 is 1.31 bits per heavy atom. The number of aliphatic hydroxyl groups is 1. The Balaban J connectivity index is 1.68. The second kappa shape index (κ2) is 8.41. The quantitative estimate of drug-likeness (QED) is 0.682. The standard InChI is InChI=1S/C25H27N3O4/c1-27-9-4-7-19-17(11-16-5-3-6-18(12-16)31-2)13-20-23(24(19)27)26-15-28(25(20)30)21-8-10-32-14-22(21)29/h3-7,12-13,15,21-22,29H,8-11,14H2,1-2H3/t21-,22-/m0/s1. The van der Waals surface area contributed by atoms with Crippen LogP contribution in [-0.2, 0) is 11.2 Å². The van der Waals surface area contributed by atoms with Crippen molar-refractivity contribution in [2.45, 2.75) is 25.0 Å². The van der Waals surface area contributed by atoms with Crippen molar-refractivity contribution in [3.63, 3.8) is 0 Å². The first-order valence-corrected chi connectivity index (χ1v) is 10.9. The number of benzene rings is 2. The van der Waals surface area contributed by atoms with Crippen LogP contribution in [-0.4, -0.2) is 54.7 Å². The van der Waals surface area contributed by atoms with Gasteiger partial charge >= 0.3 is 0 Å². The average molecular weight is 434 g/mol. The fourth-order valence-corrected chi connectivity index (χ4v) is 4.75. The van der Waals surface area contributed by atoms with Crippen molar-refractivity contribution in [1.29, 1.82) is 0 Å². The van der Waals surface area contributed by atoms with E-state index < -0.39 is 6.10 Å². The van der Waals surface area contributed by atoms with Gasteiger partial charge in [-0.3, -0.25) is 9.36 Å². The molecule has 0 saturated carbocycles. The maximum atomic E-state index is 13.6. The molecule has 0 amide bonds. The van der Waals surface area contributed by atoms with E-state index in [0.29, 0.717) is 30.4 Å². The van der Waals surface area contributed by atoms with E-state index in [1.807, 2.05) is 31.3 Å². The fourth-order valence-electron chi connectivity index (χ4n) is 4.75. The van der Waals surface area contributed by atoms with Crippen LogP contribution in [0.1, 0.15) is 29.2 Å². The highest BCUT2D eigenvalue weighted by atomic mass is 16.5. The summed E-state index contributed by atoms with van der Waals surface area (Å²) < 4.78 is 12.3. The number of ether oxygens (including phenoxy) is 2. The van der Waals surface area contributed by atoms with Gasteiger partial charge in [-0.2, -0.15) is 0 Å². The molecular formula is C25H27N3O4. The molecule has 5 rings (SSSR count). The molecule has 3 aromatic rings. The highest BCUT2D eigenvalue weighted by Crippen LogP contribution is 2.35. The van der Waals surface area contributed by atoms with Crippen LogP contribution in [0, 0.1) is 0 Å². The van der Waals surface area contributed by atoms with Crippen molar-refractivity contribution in [2.75, 3.05) is 38.8 Å². The highest BCUT2D eigenvalue weighted by Gasteiger charge is 2.28. The molecule has 166 valence electrons. The van der Waals surface area contributed by atoms with E-state index in [1.54, 1.807) is 18.0 Å². The molecule has 2 aliphatic heterocycles. The lowest BCUT2D eigenvalue weighted by Gasteiger charge is -2.30. The predicted octanol–water partition coefficient (Wildman–Crippen LogP) is 2.78. The molecular weight excluding hydrogens is 406 g/mol. The van der Waals surface area contributed by atoms with Gasteiger partial charge in [0.05, 0.1) is 43.3 Å². The molecule has 1 fully saturated rings. The second-order valence-electron chi connectivity index (χ2n) is 8.46. The second-order valence-corrected chi connectivity index (χ2v) is 8.46. The van der Waals surface area contributed by atoms with Crippen molar-refractivity contribution in [1.82, 2.24) is 9.55 Å². The molecule has 0 spiro atoms. The Labute approximate surface area is 186 Å². The third kappa shape index (κ3) is 3.57. The normalized spacial score (nSPS) is 20.4. The molecule has 0 unspecified atom stereocenters. The Morgan fingerprint density at radius 3 is 3.00 bits per heavy atom. The van der Waals surface area contributed by atoms with Crippen LogP contribution in [0.15, 0.2) is 47.5 Å².